The number of para-hydroxylation sites is 4. The van der Waals surface area contributed by atoms with Gasteiger partial charge in [-0.15, -0.1) is 22.8 Å². The molecular formula is C36H30N4NiO2. The van der Waals surface area contributed by atoms with Crippen molar-refractivity contribution < 1.29 is 26.1 Å². The molecule has 0 aliphatic carbocycles. The summed E-state index contributed by atoms with van der Waals surface area (Å²) in [6.45, 7) is 7.22. The van der Waals surface area contributed by atoms with E-state index in [0.29, 0.717) is 67.8 Å². The Morgan fingerprint density at radius 1 is 0.488 bits per heavy atom. The van der Waals surface area contributed by atoms with Crippen molar-refractivity contribution in [1.29, 1.82) is 0 Å². The fourth-order valence-corrected chi connectivity index (χ4v) is 4.90. The van der Waals surface area contributed by atoms with Gasteiger partial charge in [0.15, 0.2) is 11.6 Å². The minimum atomic E-state index is -0.177. The van der Waals surface area contributed by atoms with Gasteiger partial charge < -0.3 is 10.6 Å². The van der Waals surface area contributed by atoms with Gasteiger partial charge in [0.1, 0.15) is 0 Å². The van der Waals surface area contributed by atoms with Crippen LogP contribution in [0.4, 0.5) is 22.7 Å². The van der Waals surface area contributed by atoms with Crippen LogP contribution in [0.2, 0.25) is 0 Å². The van der Waals surface area contributed by atoms with Gasteiger partial charge in [0.2, 0.25) is 0 Å². The minimum Gasteiger partial charge on any atom is -0.659 e. The molecule has 4 aromatic carbocycles. The Labute approximate surface area is 262 Å². The molecule has 0 bridgehead atoms. The number of Topliss-reactive ketones (excluding diaryl/α,β-unsaturated/α-hetero) is 2. The molecule has 0 aromatic heterocycles. The van der Waals surface area contributed by atoms with E-state index in [1.807, 2.05) is 84.9 Å². The zero-order valence-corrected chi connectivity index (χ0v) is 25.3. The Kier molecular flexibility index (Phi) is 10.0. The van der Waals surface area contributed by atoms with Gasteiger partial charge in [0.05, 0.1) is 0 Å². The second-order valence-electron chi connectivity index (χ2n) is 9.91. The van der Waals surface area contributed by atoms with E-state index < -0.39 is 0 Å². The van der Waals surface area contributed by atoms with Gasteiger partial charge in [-0.1, -0.05) is 111 Å². The van der Waals surface area contributed by atoms with E-state index in [4.69, 9.17) is 20.6 Å². The van der Waals surface area contributed by atoms with E-state index in [1.54, 1.807) is 52.0 Å². The van der Waals surface area contributed by atoms with Gasteiger partial charge in [0.25, 0.3) is 0 Å². The molecule has 216 valence electrons. The molecular weight excluding hydrogens is 579 g/mol. The number of ketones is 2. The maximum atomic E-state index is 13.8. The Balaban J connectivity index is 0.00000423. The van der Waals surface area contributed by atoms with Crippen molar-refractivity contribution in [2.24, 2.45) is 9.98 Å². The number of rotatable bonds is 4. The van der Waals surface area contributed by atoms with E-state index in [-0.39, 0.29) is 28.1 Å². The topological polar surface area (TPSA) is 87.1 Å². The number of aliphatic imine (C=N–C) groups is 2. The molecule has 0 fully saturated rings. The van der Waals surface area contributed by atoms with E-state index in [0.717, 1.165) is 0 Å². The Morgan fingerprint density at radius 2 is 0.814 bits per heavy atom. The molecule has 1 heterocycles. The number of carbonyl (C=O) groups excluding carboxylic acids is 2. The van der Waals surface area contributed by atoms with E-state index in [1.165, 1.54) is 0 Å². The van der Waals surface area contributed by atoms with Crippen molar-refractivity contribution in [2.45, 2.75) is 27.7 Å². The van der Waals surface area contributed by atoms with Gasteiger partial charge in [-0.3, -0.25) is 19.6 Å². The van der Waals surface area contributed by atoms with Gasteiger partial charge in [-0.2, -0.15) is 0 Å². The van der Waals surface area contributed by atoms with Crippen molar-refractivity contribution in [1.82, 2.24) is 0 Å². The number of fused-ring (bicyclic) bond motifs is 2. The summed E-state index contributed by atoms with van der Waals surface area (Å²) in [5.74, 6) is -0.354. The van der Waals surface area contributed by atoms with Crippen LogP contribution in [0, 0.1) is 0 Å². The first kappa shape index (κ1) is 31.1. The largest absolute Gasteiger partial charge is 2.00 e. The molecule has 0 saturated carbocycles. The van der Waals surface area contributed by atoms with E-state index in [2.05, 4.69) is 0 Å². The molecule has 7 heteroatoms. The first-order chi connectivity index (χ1) is 20.3. The number of carbonyl (C=O) groups is 2. The number of hydrogen-bond donors (Lipinski definition) is 0. The maximum Gasteiger partial charge on any atom is 2.00 e. The molecule has 0 atom stereocenters. The molecule has 0 saturated heterocycles. The summed E-state index contributed by atoms with van der Waals surface area (Å²) < 4.78 is 0. The average molecular weight is 609 g/mol. The van der Waals surface area contributed by atoms with Crippen molar-refractivity contribution in [3.05, 3.63) is 153 Å². The van der Waals surface area contributed by atoms with Crippen molar-refractivity contribution in [2.75, 3.05) is 0 Å². The van der Waals surface area contributed by atoms with Gasteiger partial charge in [-0.05, 0) is 26.0 Å². The first-order valence-electron chi connectivity index (χ1n) is 13.7. The molecule has 4 aromatic rings. The van der Waals surface area contributed by atoms with Crippen LogP contribution in [0.5, 0.6) is 0 Å². The van der Waals surface area contributed by atoms with Crippen molar-refractivity contribution in [3.8, 4) is 0 Å². The molecule has 1 aliphatic rings. The molecule has 0 N–H and O–H groups in total. The van der Waals surface area contributed by atoms with Gasteiger partial charge in [0, 0.05) is 45.1 Å². The summed E-state index contributed by atoms with van der Waals surface area (Å²) in [5.41, 5.74) is 6.17. The molecule has 5 rings (SSSR count). The third-order valence-electron chi connectivity index (χ3n) is 6.89. The molecule has 1 aliphatic heterocycles. The fraction of sp³-hybridized carbons (Fsp3) is 0.111. The zero-order valence-electron chi connectivity index (χ0n) is 24.3. The predicted molar refractivity (Wildman–Crippen MR) is 171 cm³/mol. The van der Waals surface area contributed by atoms with Crippen LogP contribution in [0.3, 0.4) is 0 Å². The van der Waals surface area contributed by atoms with Crippen LogP contribution in [0.15, 0.2) is 142 Å². The molecule has 0 spiro atoms. The molecule has 0 amide bonds. The Morgan fingerprint density at radius 3 is 1.19 bits per heavy atom. The van der Waals surface area contributed by atoms with E-state index in [9.17, 15) is 9.59 Å². The standard InChI is InChI=1S/C36H32N4O2.Ni/c1-23-33(35(41)27-15-7-5-8-16-27)24(2)38-31-21-13-14-22-32(31)40-26(4)34(36(42)28-17-9-6-10-18-28)25(3)39-30-20-12-11-19-29(30)37-23;/h5-22H,1-4H3,(H2,37,38,39,40,41,42);/q;+2/p-2. The summed E-state index contributed by atoms with van der Waals surface area (Å²) >= 11 is 0. The second kappa shape index (κ2) is 13.9. The van der Waals surface area contributed by atoms with Gasteiger partial charge in [-0.25, -0.2) is 0 Å². The molecule has 43 heavy (non-hydrogen) atoms. The third-order valence-corrected chi connectivity index (χ3v) is 6.89. The molecule has 0 radical (unpaired) electrons. The summed E-state index contributed by atoms with van der Waals surface area (Å²) in [6.07, 6.45) is 0. The van der Waals surface area contributed by atoms with Crippen LogP contribution in [0.1, 0.15) is 48.4 Å². The average Bonchev–Trinajstić information content (AvgIpc) is 2.99. The summed E-state index contributed by atoms with van der Waals surface area (Å²) in [7, 11) is 0. The zero-order chi connectivity index (χ0) is 29.6. The van der Waals surface area contributed by atoms with Crippen LogP contribution < -0.4 is 0 Å². The second-order valence-corrected chi connectivity index (χ2v) is 9.91. The molecule has 6 nitrogen and oxygen atoms in total. The first-order valence-corrected chi connectivity index (χ1v) is 13.7. The van der Waals surface area contributed by atoms with Crippen LogP contribution in [0.25, 0.3) is 10.6 Å². The molecule has 0 unspecified atom stereocenters. The maximum absolute atomic E-state index is 13.8. The summed E-state index contributed by atoms with van der Waals surface area (Å²) in [4.78, 5) is 37.5. The van der Waals surface area contributed by atoms with Crippen molar-refractivity contribution in [3.63, 3.8) is 0 Å². The van der Waals surface area contributed by atoms with Crippen molar-refractivity contribution >= 4 is 45.7 Å². The predicted octanol–water partition coefficient (Wildman–Crippen LogP) is 9.91. The van der Waals surface area contributed by atoms with Crippen LogP contribution in [-0.4, -0.2) is 23.0 Å². The summed E-state index contributed by atoms with van der Waals surface area (Å²) in [6, 6.07) is 33.0. The number of hydrogen-bond acceptors (Lipinski definition) is 4. The fourth-order valence-electron chi connectivity index (χ4n) is 4.90. The Hall–Kier alpha value is -4.87. The van der Waals surface area contributed by atoms with E-state index >= 15 is 0 Å². The smallest absolute Gasteiger partial charge is 0.659 e. The van der Waals surface area contributed by atoms with Crippen LogP contribution in [-0.2, 0) is 16.5 Å². The number of allylic oxidation sites excluding steroid dienone is 4. The van der Waals surface area contributed by atoms with Crippen LogP contribution >= 0.6 is 0 Å². The summed E-state index contributed by atoms with van der Waals surface area (Å²) in [5, 5.41) is 9.78. The number of nitrogens with zero attached hydrogens (tertiary/aromatic N) is 4. The minimum absolute atomic E-state index is 0. The quantitative estimate of drug-likeness (QED) is 0.170. The normalized spacial score (nSPS) is 16.9. The number of benzene rings is 4. The third kappa shape index (κ3) is 6.96. The monoisotopic (exact) mass is 608 g/mol. The SMILES string of the molecule is CC1=Nc2ccccc2[N-]/C(C)=C(/C(=O)c2ccccc2)C(C)=Nc2ccccc2[N-]/C(C)=C\1C(=O)c1ccccc1.[Ni+2]. The Bertz CT molecular complexity index is 1660. The van der Waals surface area contributed by atoms with Gasteiger partial charge >= 0.3 is 16.5 Å².